The number of nitrogens with one attached hydrogen (secondary N) is 3. The van der Waals surface area contributed by atoms with Gasteiger partial charge in [-0.3, -0.25) is 5.10 Å². The molecule has 0 radical (unpaired) electrons. The summed E-state index contributed by atoms with van der Waals surface area (Å²) in [5.41, 5.74) is 8.92. The highest BCUT2D eigenvalue weighted by atomic mass is 15.1. The summed E-state index contributed by atoms with van der Waals surface area (Å²) < 4.78 is 0. The number of hydrogen-bond acceptors (Lipinski definition) is 3. The highest BCUT2D eigenvalue weighted by Crippen LogP contribution is 2.32. The molecular formula is C27H33N5. The molecule has 3 N–H and O–H groups in total. The van der Waals surface area contributed by atoms with E-state index in [0.29, 0.717) is 5.92 Å². The molecular weight excluding hydrogens is 394 g/mol. The summed E-state index contributed by atoms with van der Waals surface area (Å²) in [6, 6.07) is 6.47. The van der Waals surface area contributed by atoms with Crippen LogP contribution in [0.5, 0.6) is 0 Å². The monoisotopic (exact) mass is 427 g/mol. The van der Waals surface area contributed by atoms with Crippen molar-refractivity contribution >= 4 is 22.6 Å². The first-order valence-electron chi connectivity index (χ1n) is 11.5. The van der Waals surface area contributed by atoms with Crippen LogP contribution in [0.25, 0.3) is 34.1 Å². The van der Waals surface area contributed by atoms with Gasteiger partial charge in [-0.15, -0.1) is 0 Å². The van der Waals surface area contributed by atoms with Crippen LogP contribution in [0.2, 0.25) is 0 Å². The van der Waals surface area contributed by atoms with Crippen LogP contribution in [-0.2, 0) is 6.42 Å². The third kappa shape index (κ3) is 4.39. The Bertz CT molecular complexity index is 1220. The maximum atomic E-state index is 4.79. The molecule has 0 saturated carbocycles. The number of aromatic amines is 2. The summed E-state index contributed by atoms with van der Waals surface area (Å²) >= 11 is 0. The zero-order chi connectivity index (χ0) is 22.7. The van der Waals surface area contributed by atoms with Crippen LogP contribution in [0.15, 0.2) is 54.2 Å². The SMILES string of the molecule is C=C/C(CNCC(C)C)=C(C)\C(=C/C)c1ccc2[nH]nc(-c3nc4c([nH]3)CCC=C4)c2c1. The molecule has 0 spiro atoms. The lowest BCUT2D eigenvalue weighted by atomic mass is 9.93. The molecule has 166 valence electrons. The third-order valence-electron chi connectivity index (χ3n) is 6.03. The summed E-state index contributed by atoms with van der Waals surface area (Å²) in [6.07, 6.45) is 10.5. The summed E-state index contributed by atoms with van der Waals surface area (Å²) in [4.78, 5) is 8.28. The molecule has 0 bridgehead atoms. The van der Waals surface area contributed by atoms with Crippen LogP contribution in [0.1, 0.15) is 51.1 Å². The zero-order valence-electron chi connectivity index (χ0n) is 19.5. The highest BCUT2D eigenvalue weighted by molar-refractivity contribution is 5.95. The van der Waals surface area contributed by atoms with Gasteiger partial charge in [-0.05, 0) is 79.6 Å². The minimum absolute atomic E-state index is 0.618. The number of aromatic nitrogens is 4. The van der Waals surface area contributed by atoms with E-state index < -0.39 is 0 Å². The lowest BCUT2D eigenvalue weighted by Crippen LogP contribution is -2.22. The third-order valence-corrected chi connectivity index (χ3v) is 6.03. The molecule has 2 heterocycles. The van der Waals surface area contributed by atoms with Crippen LogP contribution in [-0.4, -0.2) is 33.3 Å². The zero-order valence-corrected chi connectivity index (χ0v) is 19.5. The highest BCUT2D eigenvalue weighted by Gasteiger charge is 2.17. The van der Waals surface area contributed by atoms with E-state index in [1.54, 1.807) is 0 Å². The number of hydrogen-bond donors (Lipinski definition) is 3. The Kier molecular flexibility index (Phi) is 6.56. The minimum Gasteiger partial charge on any atom is -0.340 e. The number of nitrogens with zero attached hydrogens (tertiary/aromatic N) is 2. The molecule has 5 nitrogen and oxygen atoms in total. The van der Waals surface area contributed by atoms with Crippen LogP contribution in [0, 0.1) is 5.92 Å². The molecule has 32 heavy (non-hydrogen) atoms. The van der Waals surface area contributed by atoms with Gasteiger partial charge >= 0.3 is 0 Å². The van der Waals surface area contributed by atoms with Gasteiger partial charge in [0.15, 0.2) is 5.82 Å². The predicted octanol–water partition coefficient (Wildman–Crippen LogP) is 6.06. The summed E-state index contributed by atoms with van der Waals surface area (Å²) in [5, 5.41) is 12.4. The van der Waals surface area contributed by atoms with E-state index in [0.717, 1.165) is 54.0 Å². The van der Waals surface area contributed by atoms with Crippen molar-refractivity contribution in [3.8, 4) is 11.5 Å². The lowest BCUT2D eigenvalue weighted by Gasteiger charge is -2.15. The fourth-order valence-corrected chi connectivity index (χ4v) is 4.27. The second-order valence-corrected chi connectivity index (χ2v) is 8.80. The number of allylic oxidation sites excluding steroid dienone is 4. The van der Waals surface area contributed by atoms with E-state index in [1.165, 1.54) is 28.0 Å². The number of benzene rings is 1. The molecule has 1 aromatic carbocycles. The van der Waals surface area contributed by atoms with Crippen LogP contribution in [0.3, 0.4) is 0 Å². The van der Waals surface area contributed by atoms with E-state index in [1.807, 2.05) is 6.08 Å². The molecule has 1 aliphatic rings. The molecule has 5 heteroatoms. The number of aryl methyl sites for hydroxylation is 1. The van der Waals surface area contributed by atoms with Crippen molar-refractivity contribution in [1.29, 1.82) is 0 Å². The molecule has 0 saturated heterocycles. The Morgan fingerprint density at radius 1 is 1.31 bits per heavy atom. The molecule has 0 fully saturated rings. The number of imidazole rings is 1. The molecule has 4 rings (SSSR count). The van der Waals surface area contributed by atoms with Crippen molar-refractivity contribution < 1.29 is 0 Å². The standard InChI is InChI=1S/C27H33N5/c1-6-19(16-28-15-17(3)4)18(5)21(7-2)20-12-13-23-22(14-20)26(32-31-23)27-29-24-10-8-9-11-25(24)30-27/h6-8,10,12-14,17,28H,1,9,11,15-16H2,2-5H3,(H,29,30)(H,31,32)/b19-18+,21-7+. The predicted molar refractivity (Wildman–Crippen MR) is 135 cm³/mol. The van der Waals surface area contributed by atoms with E-state index >= 15 is 0 Å². The smallest absolute Gasteiger partial charge is 0.159 e. The second kappa shape index (κ2) is 9.53. The Balaban J connectivity index is 1.70. The van der Waals surface area contributed by atoms with Crippen molar-refractivity contribution in [2.75, 3.05) is 13.1 Å². The van der Waals surface area contributed by atoms with Crippen LogP contribution >= 0.6 is 0 Å². The number of fused-ring (bicyclic) bond motifs is 2. The molecule has 0 atom stereocenters. The first-order chi connectivity index (χ1) is 15.5. The van der Waals surface area contributed by atoms with Crippen molar-refractivity contribution in [1.82, 2.24) is 25.5 Å². The van der Waals surface area contributed by atoms with Gasteiger partial charge in [0.2, 0.25) is 0 Å². The number of rotatable bonds is 8. The van der Waals surface area contributed by atoms with Gasteiger partial charge in [0.05, 0.1) is 11.2 Å². The molecule has 3 aromatic rings. The summed E-state index contributed by atoms with van der Waals surface area (Å²) in [7, 11) is 0. The maximum Gasteiger partial charge on any atom is 0.159 e. The Labute approximate surface area is 190 Å². The fourth-order valence-electron chi connectivity index (χ4n) is 4.27. The van der Waals surface area contributed by atoms with Gasteiger partial charge in [-0.1, -0.05) is 44.7 Å². The molecule has 0 unspecified atom stereocenters. The van der Waals surface area contributed by atoms with E-state index in [4.69, 9.17) is 4.98 Å². The summed E-state index contributed by atoms with van der Waals surface area (Å²) in [5.74, 6) is 1.44. The molecule has 0 aliphatic heterocycles. The molecule has 0 amide bonds. The van der Waals surface area contributed by atoms with Crippen LogP contribution in [0.4, 0.5) is 0 Å². The maximum absolute atomic E-state index is 4.79. The van der Waals surface area contributed by atoms with E-state index in [2.05, 4.69) is 91.2 Å². The van der Waals surface area contributed by atoms with Crippen molar-refractivity contribution in [2.45, 2.75) is 40.5 Å². The fraction of sp³-hybridized carbons (Fsp3) is 0.333. The van der Waals surface area contributed by atoms with Gasteiger partial charge in [0.25, 0.3) is 0 Å². The van der Waals surface area contributed by atoms with Gasteiger partial charge < -0.3 is 10.3 Å². The van der Waals surface area contributed by atoms with E-state index in [-0.39, 0.29) is 0 Å². The van der Waals surface area contributed by atoms with Crippen LogP contribution < -0.4 is 5.32 Å². The largest absolute Gasteiger partial charge is 0.340 e. The first-order valence-corrected chi connectivity index (χ1v) is 11.5. The summed E-state index contributed by atoms with van der Waals surface area (Å²) in [6.45, 7) is 14.6. The van der Waals surface area contributed by atoms with Crippen molar-refractivity contribution in [3.63, 3.8) is 0 Å². The van der Waals surface area contributed by atoms with Gasteiger partial charge in [-0.2, -0.15) is 5.10 Å². The Morgan fingerprint density at radius 3 is 2.88 bits per heavy atom. The van der Waals surface area contributed by atoms with E-state index in [9.17, 15) is 0 Å². The first kappa shape index (κ1) is 22.0. The lowest BCUT2D eigenvalue weighted by molar-refractivity contribution is 0.573. The number of H-pyrrole nitrogens is 2. The molecule has 2 aromatic heterocycles. The molecule has 1 aliphatic carbocycles. The van der Waals surface area contributed by atoms with Crippen molar-refractivity contribution in [3.05, 3.63) is 71.1 Å². The van der Waals surface area contributed by atoms with Gasteiger partial charge in [-0.25, -0.2) is 4.98 Å². The second-order valence-electron chi connectivity index (χ2n) is 8.80. The minimum atomic E-state index is 0.618. The quantitative estimate of drug-likeness (QED) is 0.383. The topological polar surface area (TPSA) is 69.4 Å². The van der Waals surface area contributed by atoms with Gasteiger partial charge in [0.1, 0.15) is 5.69 Å². The average molecular weight is 428 g/mol. The van der Waals surface area contributed by atoms with Gasteiger partial charge in [0, 0.05) is 17.6 Å². The Morgan fingerprint density at radius 2 is 2.16 bits per heavy atom. The normalized spacial score (nSPS) is 14.7. The van der Waals surface area contributed by atoms with Crippen molar-refractivity contribution in [2.24, 2.45) is 5.92 Å². The average Bonchev–Trinajstić information content (AvgIpc) is 3.40. The Hall–Kier alpha value is -3.18.